The summed E-state index contributed by atoms with van der Waals surface area (Å²) >= 11 is 0. The predicted molar refractivity (Wildman–Crippen MR) is 110 cm³/mol. The van der Waals surface area contributed by atoms with Crippen molar-refractivity contribution >= 4 is 29.2 Å². The van der Waals surface area contributed by atoms with Crippen LogP contribution in [0.5, 0.6) is 5.75 Å². The molecule has 1 aliphatic rings. The van der Waals surface area contributed by atoms with Crippen LogP contribution < -0.4 is 26.0 Å². The van der Waals surface area contributed by atoms with Crippen LogP contribution in [0.1, 0.15) is 30.9 Å². The van der Waals surface area contributed by atoms with Crippen LogP contribution >= 0.6 is 0 Å². The van der Waals surface area contributed by atoms with Crippen molar-refractivity contribution in [2.45, 2.75) is 25.3 Å². The Morgan fingerprint density at radius 3 is 2.59 bits per heavy atom. The molecule has 1 fully saturated rings. The van der Waals surface area contributed by atoms with E-state index in [0.717, 1.165) is 12.0 Å². The maximum absolute atomic E-state index is 12.6. The molecule has 8 nitrogen and oxygen atoms in total. The Labute approximate surface area is 169 Å². The monoisotopic (exact) mass is 396 g/mol. The van der Waals surface area contributed by atoms with Crippen LogP contribution in [0.2, 0.25) is 0 Å². The summed E-state index contributed by atoms with van der Waals surface area (Å²) in [6, 6.07) is 13.1. The number of nitrogens with two attached hydrogens (primary N) is 1. The van der Waals surface area contributed by atoms with Crippen LogP contribution in [-0.4, -0.2) is 31.5 Å². The Morgan fingerprint density at radius 2 is 1.97 bits per heavy atom. The molecule has 1 aliphatic heterocycles. The number of carbonyl (C=O) groups excluding carboxylic acids is 3. The predicted octanol–water partition coefficient (Wildman–Crippen LogP) is 2.56. The summed E-state index contributed by atoms with van der Waals surface area (Å²) in [7, 11) is 1.52. The van der Waals surface area contributed by atoms with Gasteiger partial charge in [0.15, 0.2) is 0 Å². The molecule has 4 amide bonds. The number of ether oxygens (including phenoxy) is 1. The average molecular weight is 396 g/mol. The Balaban J connectivity index is 1.72. The number of anilines is 2. The Morgan fingerprint density at radius 1 is 1.21 bits per heavy atom. The summed E-state index contributed by atoms with van der Waals surface area (Å²) in [5.74, 6) is 0.274. The van der Waals surface area contributed by atoms with Gasteiger partial charge in [-0.3, -0.25) is 9.59 Å². The lowest BCUT2D eigenvalue weighted by atomic mass is 10.0. The molecule has 3 rings (SSSR count). The van der Waals surface area contributed by atoms with Crippen molar-refractivity contribution in [3.05, 3.63) is 54.1 Å². The molecule has 8 heteroatoms. The molecule has 0 spiro atoms. The molecule has 4 N–H and O–H groups in total. The number of nitrogens with one attached hydrogen (secondary N) is 2. The van der Waals surface area contributed by atoms with Crippen LogP contribution in [0.4, 0.5) is 16.2 Å². The standard InChI is InChI=1S/C21H24N4O4/c1-29-18-12-15(9-10-17(18)25-11-5-8-20(25)27)23-19(26)13-16(24-21(22)28)14-6-3-2-4-7-14/h2-4,6-7,9-10,12,16H,5,8,11,13H2,1H3,(H,23,26)(H3,22,24,28). The normalized spacial score (nSPS) is 14.4. The molecule has 2 aromatic carbocycles. The van der Waals surface area contributed by atoms with Gasteiger partial charge in [-0.25, -0.2) is 4.79 Å². The number of primary amides is 1. The Hall–Kier alpha value is -3.55. The maximum Gasteiger partial charge on any atom is 0.312 e. The second kappa shape index (κ2) is 9.09. The van der Waals surface area contributed by atoms with E-state index in [-0.39, 0.29) is 18.2 Å². The third-order valence-corrected chi connectivity index (χ3v) is 4.74. The molecule has 152 valence electrons. The second-order valence-corrected chi connectivity index (χ2v) is 6.76. The molecule has 1 atom stereocenters. The fourth-order valence-electron chi connectivity index (χ4n) is 3.39. The first-order chi connectivity index (χ1) is 14.0. The summed E-state index contributed by atoms with van der Waals surface area (Å²) in [6.07, 6.45) is 1.35. The summed E-state index contributed by atoms with van der Waals surface area (Å²) in [5.41, 5.74) is 7.25. The van der Waals surface area contributed by atoms with Crippen molar-refractivity contribution in [1.29, 1.82) is 0 Å². The highest BCUT2D eigenvalue weighted by Crippen LogP contribution is 2.34. The van der Waals surface area contributed by atoms with Crippen LogP contribution in [0.15, 0.2) is 48.5 Å². The van der Waals surface area contributed by atoms with Gasteiger partial charge in [0.05, 0.1) is 25.3 Å². The summed E-state index contributed by atoms with van der Waals surface area (Å²) in [4.78, 5) is 37.6. The highest BCUT2D eigenvalue weighted by Gasteiger charge is 2.25. The second-order valence-electron chi connectivity index (χ2n) is 6.76. The lowest BCUT2D eigenvalue weighted by Gasteiger charge is -2.20. The smallest absolute Gasteiger partial charge is 0.312 e. The van der Waals surface area contributed by atoms with Crippen molar-refractivity contribution in [2.75, 3.05) is 23.9 Å². The minimum absolute atomic E-state index is 0.0155. The molecule has 1 saturated heterocycles. The topological polar surface area (TPSA) is 114 Å². The fourth-order valence-corrected chi connectivity index (χ4v) is 3.39. The van der Waals surface area contributed by atoms with Gasteiger partial charge in [-0.05, 0) is 24.1 Å². The van der Waals surface area contributed by atoms with E-state index < -0.39 is 12.1 Å². The van der Waals surface area contributed by atoms with Crippen LogP contribution in [0, 0.1) is 0 Å². The number of amides is 4. The Bertz CT molecular complexity index is 901. The van der Waals surface area contributed by atoms with Gasteiger partial charge in [-0.1, -0.05) is 30.3 Å². The summed E-state index contributed by atoms with van der Waals surface area (Å²) in [6.45, 7) is 0.651. The maximum atomic E-state index is 12.6. The molecule has 1 unspecified atom stereocenters. The molecule has 0 bridgehead atoms. The van der Waals surface area contributed by atoms with Gasteiger partial charge in [0.1, 0.15) is 5.75 Å². The van der Waals surface area contributed by atoms with E-state index in [0.29, 0.717) is 30.1 Å². The van der Waals surface area contributed by atoms with E-state index in [1.54, 1.807) is 23.1 Å². The summed E-state index contributed by atoms with van der Waals surface area (Å²) < 4.78 is 5.41. The molecule has 0 saturated carbocycles. The molecule has 0 aliphatic carbocycles. The first-order valence-corrected chi connectivity index (χ1v) is 9.37. The SMILES string of the molecule is COc1cc(NC(=O)CC(NC(N)=O)c2ccccc2)ccc1N1CCCC1=O. The zero-order chi connectivity index (χ0) is 20.8. The zero-order valence-electron chi connectivity index (χ0n) is 16.2. The third-order valence-electron chi connectivity index (χ3n) is 4.74. The van der Waals surface area contributed by atoms with Gasteiger partial charge in [-0.15, -0.1) is 0 Å². The molecule has 1 heterocycles. The number of hydrogen-bond acceptors (Lipinski definition) is 4. The number of urea groups is 1. The van der Waals surface area contributed by atoms with Gasteiger partial charge >= 0.3 is 6.03 Å². The Kier molecular flexibility index (Phi) is 6.33. The lowest BCUT2D eigenvalue weighted by Crippen LogP contribution is -2.35. The molecular formula is C21H24N4O4. The van der Waals surface area contributed by atoms with Crippen LogP contribution in [-0.2, 0) is 9.59 Å². The number of hydrogen-bond donors (Lipinski definition) is 3. The van der Waals surface area contributed by atoms with Gasteiger partial charge < -0.3 is 26.0 Å². The van der Waals surface area contributed by atoms with E-state index in [4.69, 9.17) is 10.5 Å². The highest BCUT2D eigenvalue weighted by atomic mass is 16.5. The van der Waals surface area contributed by atoms with Crippen LogP contribution in [0.25, 0.3) is 0 Å². The van der Waals surface area contributed by atoms with Crippen molar-refractivity contribution in [3.63, 3.8) is 0 Å². The van der Waals surface area contributed by atoms with E-state index in [9.17, 15) is 14.4 Å². The first kappa shape index (κ1) is 20.2. The largest absolute Gasteiger partial charge is 0.494 e. The fraction of sp³-hybridized carbons (Fsp3) is 0.286. The minimum atomic E-state index is -0.701. The summed E-state index contributed by atoms with van der Waals surface area (Å²) in [5, 5.41) is 5.40. The zero-order valence-corrected chi connectivity index (χ0v) is 16.2. The quantitative estimate of drug-likeness (QED) is 0.667. The van der Waals surface area contributed by atoms with Gasteiger partial charge in [0.2, 0.25) is 11.8 Å². The van der Waals surface area contributed by atoms with Gasteiger partial charge in [0, 0.05) is 24.7 Å². The highest BCUT2D eigenvalue weighted by molar-refractivity contribution is 5.98. The number of methoxy groups -OCH3 is 1. The number of benzene rings is 2. The van der Waals surface area contributed by atoms with Crippen molar-refractivity contribution in [3.8, 4) is 5.75 Å². The van der Waals surface area contributed by atoms with Crippen molar-refractivity contribution < 1.29 is 19.1 Å². The molecule has 0 radical (unpaired) electrons. The molecular weight excluding hydrogens is 372 g/mol. The molecule has 0 aromatic heterocycles. The van der Waals surface area contributed by atoms with E-state index in [1.807, 2.05) is 30.3 Å². The number of nitrogens with zero attached hydrogens (tertiary/aromatic N) is 1. The lowest BCUT2D eigenvalue weighted by molar-refractivity contribution is -0.117. The molecule has 2 aromatic rings. The average Bonchev–Trinajstić information content (AvgIpc) is 3.13. The van der Waals surface area contributed by atoms with Gasteiger partial charge in [0.25, 0.3) is 0 Å². The van der Waals surface area contributed by atoms with E-state index in [1.165, 1.54) is 7.11 Å². The van der Waals surface area contributed by atoms with Gasteiger partial charge in [-0.2, -0.15) is 0 Å². The minimum Gasteiger partial charge on any atom is -0.494 e. The van der Waals surface area contributed by atoms with E-state index >= 15 is 0 Å². The van der Waals surface area contributed by atoms with Crippen molar-refractivity contribution in [1.82, 2.24) is 5.32 Å². The first-order valence-electron chi connectivity index (χ1n) is 9.37. The van der Waals surface area contributed by atoms with Crippen molar-refractivity contribution in [2.24, 2.45) is 5.73 Å². The third kappa shape index (κ3) is 5.04. The van der Waals surface area contributed by atoms with Crippen LogP contribution in [0.3, 0.4) is 0 Å². The van der Waals surface area contributed by atoms with E-state index in [2.05, 4.69) is 10.6 Å². The number of rotatable bonds is 7. The molecule has 29 heavy (non-hydrogen) atoms. The number of carbonyl (C=O) groups is 3.